The molecule has 0 amide bonds. The molecule has 1 aliphatic heterocycles. The summed E-state index contributed by atoms with van der Waals surface area (Å²) >= 11 is 0. The molecule has 1 aromatic heterocycles. The fourth-order valence-corrected chi connectivity index (χ4v) is 5.65. The molecule has 3 aromatic rings. The van der Waals surface area contributed by atoms with E-state index in [-0.39, 0.29) is 36.8 Å². The molecule has 37 heavy (non-hydrogen) atoms. The first-order valence-corrected chi connectivity index (χ1v) is 12.2. The first-order chi connectivity index (χ1) is 17.5. The molecule has 0 bridgehead atoms. The van der Waals surface area contributed by atoms with Crippen LogP contribution in [0, 0.1) is 21.7 Å². The quantitative estimate of drug-likeness (QED) is 0.356. The first kappa shape index (κ1) is 26.1. The predicted octanol–water partition coefficient (Wildman–Crippen LogP) is 2.37. The van der Waals surface area contributed by atoms with E-state index < -0.39 is 73.4 Å². The Bertz CT molecular complexity index is 1570. The van der Waals surface area contributed by atoms with Crippen molar-refractivity contribution in [2.45, 2.75) is 11.4 Å². The summed E-state index contributed by atoms with van der Waals surface area (Å²) in [5, 5.41) is 19.5. The molecule has 2 aromatic carbocycles. The number of non-ortho nitro benzene ring substituents is 1. The summed E-state index contributed by atoms with van der Waals surface area (Å²) < 4.78 is 71.6. The highest BCUT2D eigenvalue weighted by Crippen LogP contribution is 2.31. The second-order valence-corrected chi connectivity index (χ2v) is 10.1. The molecule has 0 aliphatic carbocycles. The highest BCUT2D eigenvalue weighted by atomic mass is 32.2. The molecule has 1 saturated heterocycles. The summed E-state index contributed by atoms with van der Waals surface area (Å²) in [5.74, 6) is -4.00. The van der Waals surface area contributed by atoms with Crippen molar-refractivity contribution in [3.63, 3.8) is 0 Å². The number of carboxylic acid groups (broad SMARTS) is 1. The van der Waals surface area contributed by atoms with Gasteiger partial charge in [0.1, 0.15) is 23.7 Å². The number of alkyl halides is 1. The number of aromatic carboxylic acids is 1. The standard InChI is InChI=1S/C22H19F3N4O7S/c23-5-6-27-12-16(22(31)32)21(30)15-11-17(24)20(18(25)19(15)27)26-7-9-28(10-8-26)37(35,36)14-3-1-13(2-4-14)29(33)34/h1-4,11-12H,5-10H2,(H,31,32). The number of aryl methyl sites for hydroxylation is 1. The van der Waals surface area contributed by atoms with E-state index in [4.69, 9.17) is 0 Å². The third-order valence-electron chi connectivity index (χ3n) is 6.03. The number of fused-ring (bicyclic) bond motifs is 1. The SMILES string of the molecule is O=C(O)c1cn(CCF)c2c(F)c(N3CCN(S(=O)(=O)c4ccc([N+](=O)[O-])cc4)CC3)c(F)cc2c1=O. The molecule has 0 spiro atoms. The number of benzene rings is 2. The van der Waals surface area contributed by atoms with E-state index in [0.29, 0.717) is 6.07 Å². The topological polar surface area (TPSA) is 143 Å². The molecular formula is C22H19F3N4O7S. The number of nitrogens with zero attached hydrogens (tertiary/aromatic N) is 4. The summed E-state index contributed by atoms with van der Waals surface area (Å²) in [5.41, 5.74) is -3.20. The Balaban J connectivity index is 1.67. The third-order valence-corrected chi connectivity index (χ3v) is 7.94. The maximum absolute atomic E-state index is 15.6. The van der Waals surface area contributed by atoms with Crippen LogP contribution in [0.15, 0.2) is 46.2 Å². The van der Waals surface area contributed by atoms with E-state index in [9.17, 15) is 37.6 Å². The lowest BCUT2D eigenvalue weighted by Crippen LogP contribution is -2.49. The summed E-state index contributed by atoms with van der Waals surface area (Å²) in [6, 6.07) is 4.98. The van der Waals surface area contributed by atoms with Crippen LogP contribution >= 0.6 is 0 Å². The van der Waals surface area contributed by atoms with Crippen molar-refractivity contribution in [3.8, 4) is 0 Å². The van der Waals surface area contributed by atoms with Crippen LogP contribution in [0.2, 0.25) is 0 Å². The van der Waals surface area contributed by atoms with Crippen LogP contribution in [0.5, 0.6) is 0 Å². The Labute approximate surface area is 207 Å². The summed E-state index contributed by atoms with van der Waals surface area (Å²) in [4.78, 5) is 35.1. The maximum Gasteiger partial charge on any atom is 0.341 e. The zero-order chi connectivity index (χ0) is 27.1. The molecule has 1 fully saturated rings. The molecular weight excluding hydrogens is 521 g/mol. The second-order valence-electron chi connectivity index (χ2n) is 8.12. The minimum Gasteiger partial charge on any atom is -0.477 e. The number of aromatic nitrogens is 1. The van der Waals surface area contributed by atoms with E-state index in [1.807, 2.05) is 0 Å². The summed E-state index contributed by atoms with van der Waals surface area (Å²) in [6.45, 7) is -2.14. The van der Waals surface area contributed by atoms with Crippen molar-refractivity contribution in [3.05, 3.63) is 74.1 Å². The smallest absolute Gasteiger partial charge is 0.341 e. The first-order valence-electron chi connectivity index (χ1n) is 10.8. The molecule has 1 aliphatic rings. The van der Waals surface area contributed by atoms with E-state index in [1.54, 1.807) is 0 Å². The number of piperazine rings is 1. The summed E-state index contributed by atoms with van der Waals surface area (Å²) in [7, 11) is -4.04. The third kappa shape index (κ3) is 4.62. The molecule has 15 heteroatoms. The maximum atomic E-state index is 15.6. The fraction of sp³-hybridized carbons (Fsp3) is 0.273. The fourth-order valence-electron chi connectivity index (χ4n) is 4.23. The van der Waals surface area contributed by atoms with Crippen LogP contribution in [-0.4, -0.2) is 66.1 Å². The lowest BCUT2D eigenvalue weighted by Gasteiger charge is -2.35. The van der Waals surface area contributed by atoms with Crippen molar-refractivity contribution in [1.29, 1.82) is 0 Å². The van der Waals surface area contributed by atoms with Gasteiger partial charge in [-0.05, 0) is 18.2 Å². The summed E-state index contributed by atoms with van der Waals surface area (Å²) in [6.07, 6.45) is 0.798. The van der Waals surface area contributed by atoms with E-state index in [1.165, 1.54) is 4.90 Å². The second kappa shape index (κ2) is 9.82. The van der Waals surface area contributed by atoms with Gasteiger partial charge in [0, 0.05) is 44.5 Å². The predicted molar refractivity (Wildman–Crippen MR) is 125 cm³/mol. The molecule has 0 radical (unpaired) electrons. The average Bonchev–Trinajstić information content (AvgIpc) is 2.86. The van der Waals surface area contributed by atoms with Crippen molar-refractivity contribution in [2.75, 3.05) is 37.8 Å². The van der Waals surface area contributed by atoms with Gasteiger partial charge in [0.25, 0.3) is 5.69 Å². The Morgan fingerprint density at radius 3 is 2.27 bits per heavy atom. The Morgan fingerprint density at radius 1 is 1.11 bits per heavy atom. The lowest BCUT2D eigenvalue weighted by molar-refractivity contribution is -0.384. The molecule has 0 unspecified atom stereocenters. The van der Waals surface area contributed by atoms with Crippen LogP contribution in [0.1, 0.15) is 10.4 Å². The van der Waals surface area contributed by atoms with Gasteiger partial charge in [0.2, 0.25) is 15.5 Å². The molecule has 196 valence electrons. The van der Waals surface area contributed by atoms with E-state index >= 15 is 8.78 Å². The lowest BCUT2D eigenvalue weighted by atomic mass is 10.1. The van der Waals surface area contributed by atoms with Crippen molar-refractivity contribution in [1.82, 2.24) is 8.87 Å². The number of hydrogen-bond donors (Lipinski definition) is 1. The van der Waals surface area contributed by atoms with Gasteiger partial charge < -0.3 is 14.6 Å². The number of sulfonamides is 1. The zero-order valence-electron chi connectivity index (χ0n) is 18.9. The highest BCUT2D eigenvalue weighted by Gasteiger charge is 2.32. The molecule has 0 atom stereocenters. The van der Waals surface area contributed by atoms with Gasteiger partial charge in [-0.25, -0.2) is 26.4 Å². The Kier molecular flexibility index (Phi) is 6.92. The zero-order valence-corrected chi connectivity index (χ0v) is 19.8. The van der Waals surface area contributed by atoms with Gasteiger partial charge in [-0.2, -0.15) is 4.31 Å². The number of halogens is 3. The van der Waals surface area contributed by atoms with Gasteiger partial charge in [-0.1, -0.05) is 0 Å². The highest BCUT2D eigenvalue weighted by molar-refractivity contribution is 7.89. The van der Waals surface area contributed by atoms with Crippen LogP contribution in [-0.2, 0) is 16.6 Å². The van der Waals surface area contributed by atoms with Gasteiger partial charge in [0.05, 0.1) is 27.3 Å². The molecule has 1 N–H and O–H groups in total. The number of carboxylic acids is 1. The monoisotopic (exact) mass is 540 g/mol. The number of rotatable bonds is 7. The molecule has 4 rings (SSSR count). The van der Waals surface area contributed by atoms with Crippen LogP contribution in [0.25, 0.3) is 10.9 Å². The van der Waals surface area contributed by atoms with Gasteiger partial charge in [-0.15, -0.1) is 0 Å². The number of hydrogen-bond acceptors (Lipinski definition) is 7. The largest absolute Gasteiger partial charge is 0.477 e. The van der Waals surface area contributed by atoms with Crippen LogP contribution in [0.3, 0.4) is 0 Å². The van der Waals surface area contributed by atoms with Gasteiger partial charge in [0.15, 0.2) is 5.82 Å². The number of carbonyl (C=O) groups is 1. The normalized spacial score (nSPS) is 14.7. The van der Waals surface area contributed by atoms with E-state index in [0.717, 1.165) is 39.3 Å². The van der Waals surface area contributed by atoms with Crippen molar-refractivity contribution >= 4 is 38.3 Å². The van der Waals surface area contributed by atoms with Gasteiger partial charge >= 0.3 is 5.97 Å². The average molecular weight is 540 g/mol. The molecule has 2 heterocycles. The van der Waals surface area contributed by atoms with Crippen molar-refractivity contribution < 1.29 is 36.4 Å². The number of anilines is 1. The Hall–Kier alpha value is -3.98. The van der Waals surface area contributed by atoms with Crippen LogP contribution in [0.4, 0.5) is 24.5 Å². The molecule has 11 nitrogen and oxygen atoms in total. The Morgan fingerprint density at radius 2 is 1.73 bits per heavy atom. The van der Waals surface area contributed by atoms with Crippen molar-refractivity contribution in [2.24, 2.45) is 0 Å². The number of nitro groups is 1. The van der Waals surface area contributed by atoms with E-state index in [2.05, 4.69) is 0 Å². The minimum absolute atomic E-state index is 0.147. The van der Waals surface area contributed by atoms with Gasteiger partial charge in [-0.3, -0.25) is 14.9 Å². The van der Waals surface area contributed by atoms with Crippen LogP contribution < -0.4 is 10.3 Å². The number of pyridine rings is 1. The minimum atomic E-state index is -4.04. The molecule has 0 saturated carbocycles. The number of nitro benzene ring substituents is 1.